The Morgan fingerprint density at radius 2 is 2.19 bits per heavy atom. The van der Waals surface area contributed by atoms with Crippen LogP contribution in [0.4, 0.5) is 13.6 Å². The van der Waals surface area contributed by atoms with Crippen molar-refractivity contribution >= 4 is 6.03 Å². The van der Waals surface area contributed by atoms with Crippen molar-refractivity contribution < 1.29 is 18.0 Å². The van der Waals surface area contributed by atoms with Crippen LogP contribution in [0.25, 0.3) is 0 Å². The van der Waals surface area contributed by atoms with Gasteiger partial charge < -0.3 is 14.6 Å². The third kappa shape index (κ3) is 4.70. The molecule has 0 radical (unpaired) electrons. The molecule has 1 atom stereocenters. The summed E-state index contributed by atoms with van der Waals surface area (Å²) in [5.41, 5.74) is 0. The molecule has 2 amide bonds. The number of amides is 2. The number of rotatable bonds is 4. The van der Waals surface area contributed by atoms with E-state index in [2.05, 4.69) is 5.32 Å². The summed E-state index contributed by atoms with van der Waals surface area (Å²) in [5, 5.41) is 2.86. The molecule has 1 fully saturated rings. The van der Waals surface area contributed by atoms with E-state index in [0.29, 0.717) is 38.4 Å². The van der Waals surface area contributed by atoms with Crippen LogP contribution in [0.5, 0.6) is 0 Å². The molecule has 1 aliphatic heterocycles. The summed E-state index contributed by atoms with van der Waals surface area (Å²) in [6, 6.07) is 3.18. The van der Waals surface area contributed by atoms with E-state index in [0.717, 1.165) is 0 Å². The predicted molar refractivity (Wildman–Crippen MR) is 74.3 cm³/mol. The van der Waals surface area contributed by atoms with E-state index in [4.69, 9.17) is 4.42 Å². The van der Waals surface area contributed by atoms with E-state index in [1.807, 2.05) is 6.92 Å². The molecule has 7 heteroatoms. The van der Waals surface area contributed by atoms with Gasteiger partial charge in [-0.3, -0.25) is 4.90 Å². The van der Waals surface area contributed by atoms with Crippen molar-refractivity contribution in [3.8, 4) is 0 Å². The lowest BCUT2D eigenvalue weighted by Crippen LogP contribution is -2.43. The number of hydrogen-bond donors (Lipinski definition) is 1. The lowest BCUT2D eigenvalue weighted by atomic mass is 10.2. The van der Waals surface area contributed by atoms with Crippen LogP contribution in [0, 0.1) is 0 Å². The summed E-state index contributed by atoms with van der Waals surface area (Å²) < 4.78 is 30.0. The first-order valence-corrected chi connectivity index (χ1v) is 7.15. The highest BCUT2D eigenvalue weighted by Gasteiger charge is 2.22. The second kappa shape index (κ2) is 7.40. The highest BCUT2D eigenvalue weighted by atomic mass is 19.3. The first-order chi connectivity index (χ1) is 10.1. The summed E-state index contributed by atoms with van der Waals surface area (Å²) >= 11 is 0. The molecule has 1 saturated heterocycles. The van der Waals surface area contributed by atoms with Crippen LogP contribution in [0.1, 0.15) is 25.1 Å². The smallest absolute Gasteiger partial charge is 0.318 e. The molecular formula is C14H21F2N3O2. The molecule has 1 N–H and O–H groups in total. The molecule has 1 aromatic heterocycles. The Kier molecular flexibility index (Phi) is 5.55. The molecule has 5 nitrogen and oxygen atoms in total. The Morgan fingerprint density at radius 3 is 2.86 bits per heavy atom. The normalized spacial score (nSPS) is 18.6. The van der Waals surface area contributed by atoms with Crippen LogP contribution in [-0.4, -0.2) is 55.0 Å². The Labute approximate surface area is 122 Å². The van der Waals surface area contributed by atoms with Gasteiger partial charge in [-0.2, -0.15) is 0 Å². The average molecular weight is 301 g/mol. The SMILES string of the molecule is C[C@@H](NC(=O)N1CCCN(CC(F)F)CC1)c1ccco1. The molecule has 1 aromatic rings. The van der Waals surface area contributed by atoms with Gasteiger partial charge in [0, 0.05) is 26.2 Å². The second-order valence-electron chi connectivity index (χ2n) is 5.22. The fourth-order valence-corrected chi connectivity index (χ4v) is 2.44. The monoisotopic (exact) mass is 301 g/mol. The second-order valence-corrected chi connectivity index (χ2v) is 5.22. The minimum Gasteiger partial charge on any atom is -0.467 e. The molecule has 2 heterocycles. The van der Waals surface area contributed by atoms with Gasteiger partial charge >= 0.3 is 6.03 Å². The van der Waals surface area contributed by atoms with Gasteiger partial charge in [-0.05, 0) is 25.5 Å². The first-order valence-electron chi connectivity index (χ1n) is 7.15. The number of carbonyl (C=O) groups is 1. The number of halogens is 2. The topological polar surface area (TPSA) is 48.7 Å². The van der Waals surface area contributed by atoms with Gasteiger partial charge in [0.15, 0.2) is 0 Å². The van der Waals surface area contributed by atoms with Crippen molar-refractivity contribution in [2.24, 2.45) is 0 Å². The van der Waals surface area contributed by atoms with E-state index in [9.17, 15) is 13.6 Å². The van der Waals surface area contributed by atoms with Crippen molar-refractivity contribution in [1.29, 1.82) is 0 Å². The number of urea groups is 1. The Bertz CT molecular complexity index is 439. The zero-order valence-electron chi connectivity index (χ0n) is 12.1. The van der Waals surface area contributed by atoms with E-state index < -0.39 is 6.43 Å². The Hall–Kier alpha value is -1.63. The van der Waals surface area contributed by atoms with Crippen LogP contribution in [0.15, 0.2) is 22.8 Å². The largest absolute Gasteiger partial charge is 0.467 e. The Morgan fingerprint density at radius 1 is 1.38 bits per heavy atom. The van der Waals surface area contributed by atoms with Crippen molar-refractivity contribution in [3.63, 3.8) is 0 Å². The standard InChI is InChI=1S/C14H21F2N3O2/c1-11(12-4-2-9-21-12)17-14(20)19-6-3-5-18(7-8-19)10-13(15)16/h2,4,9,11,13H,3,5-8,10H2,1H3,(H,17,20)/t11-/m1/s1. The van der Waals surface area contributed by atoms with Crippen molar-refractivity contribution in [2.45, 2.75) is 25.8 Å². The molecule has 0 aliphatic carbocycles. The van der Waals surface area contributed by atoms with E-state index >= 15 is 0 Å². The number of hydrogen-bond acceptors (Lipinski definition) is 3. The first kappa shape index (κ1) is 15.8. The van der Waals surface area contributed by atoms with Gasteiger partial charge in [0.2, 0.25) is 0 Å². The van der Waals surface area contributed by atoms with Crippen molar-refractivity contribution in [2.75, 3.05) is 32.7 Å². The number of furan rings is 1. The van der Waals surface area contributed by atoms with Crippen LogP contribution >= 0.6 is 0 Å². The van der Waals surface area contributed by atoms with Gasteiger partial charge in [-0.1, -0.05) is 0 Å². The zero-order valence-corrected chi connectivity index (χ0v) is 12.1. The highest BCUT2D eigenvalue weighted by Crippen LogP contribution is 2.13. The number of nitrogens with one attached hydrogen (secondary N) is 1. The van der Waals surface area contributed by atoms with Crippen LogP contribution in [-0.2, 0) is 0 Å². The molecule has 118 valence electrons. The van der Waals surface area contributed by atoms with E-state index in [1.165, 1.54) is 0 Å². The lowest BCUT2D eigenvalue weighted by Gasteiger charge is -2.23. The molecule has 0 spiro atoms. The van der Waals surface area contributed by atoms with E-state index in [1.54, 1.807) is 28.2 Å². The maximum Gasteiger partial charge on any atom is 0.318 e. The number of carbonyl (C=O) groups excluding carboxylic acids is 1. The van der Waals surface area contributed by atoms with Crippen molar-refractivity contribution in [1.82, 2.24) is 15.1 Å². The maximum absolute atomic E-state index is 12.4. The summed E-state index contributed by atoms with van der Waals surface area (Å²) in [4.78, 5) is 15.6. The lowest BCUT2D eigenvalue weighted by molar-refractivity contribution is 0.0903. The molecule has 0 saturated carbocycles. The molecule has 2 rings (SSSR count). The van der Waals surface area contributed by atoms with Gasteiger partial charge in [0.25, 0.3) is 6.43 Å². The van der Waals surface area contributed by atoms with Gasteiger partial charge in [-0.15, -0.1) is 0 Å². The molecule has 21 heavy (non-hydrogen) atoms. The average Bonchev–Trinajstić information content (AvgIpc) is 2.86. The quantitative estimate of drug-likeness (QED) is 0.928. The van der Waals surface area contributed by atoms with Gasteiger partial charge in [0.05, 0.1) is 18.8 Å². The third-order valence-corrected chi connectivity index (χ3v) is 3.58. The maximum atomic E-state index is 12.4. The summed E-state index contributed by atoms with van der Waals surface area (Å²) in [5.74, 6) is 0.692. The fraction of sp³-hybridized carbons (Fsp3) is 0.643. The minimum absolute atomic E-state index is 0.183. The third-order valence-electron chi connectivity index (χ3n) is 3.58. The number of nitrogens with zero attached hydrogens (tertiary/aromatic N) is 2. The molecular weight excluding hydrogens is 280 g/mol. The fourth-order valence-electron chi connectivity index (χ4n) is 2.44. The van der Waals surface area contributed by atoms with Crippen LogP contribution in [0.3, 0.4) is 0 Å². The molecule has 0 aromatic carbocycles. The summed E-state index contributed by atoms with van der Waals surface area (Å²) in [6.45, 7) is 3.74. The Balaban J connectivity index is 1.83. The molecule has 0 unspecified atom stereocenters. The van der Waals surface area contributed by atoms with Gasteiger partial charge in [-0.25, -0.2) is 13.6 Å². The summed E-state index contributed by atoms with van der Waals surface area (Å²) in [6.07, 6.45) is -0.0640. The number of alkyl halides is 2. The highest BCUT2D eigenvalue weighted by molar-refractivity contribution is 5.74. The molecule has 1 aliphatic rings. The minimum atomic E-state index is -2.33. The van der Waals surface area contributed by atoms with Crippen LogP contribution < -0.4 is 5.32 Å². The zero-order chi connectivity index (χ0) is 15.2. The summed E-state index contributed by atoms with van der Waals surface area (Å²) in [7, 11) is 0. The van der Waals surface area contributed by atoms with E-state index in [-0.39, 0.29) is 18.6 Å². The predicted octanol–water partition coefficient (Wildman–Crippen LogP) is 2.32. The van der Waals surface area contributed by atoms with Crippen LogP contribution in [0.2, 0.25) is 0 Å². The van der Waals surface area contributed by atoms with Gasteiger partial charge in [0.1, 0.15) is 5.76 Å². The van der Waals surface area contributed by atoms with Crippen molar-refractivity contribution in [3.05, 3.63) is 24.2 Å². The molecule has 0 bridgehead atoms.